The number of alkyl halides is 2. The van der Waals surface area contributed by atoms with E-state index < -0.39 is 16.6 Å². The van der Waals surface area contributed by atoms with E-state index in [4.69, 9.17) is 0 Å². The van der Waals surface area contributed by atoms with Crippen LogP contribution in [-0.2, 0) is 23.0 Å². The fraction of sp³-hybridized carbons (Fsp3) is 0.364. The second-order valence-corrected chi connectivity index (χ2v) is 9.44. The molecular formula is C22H24F2N2O3S. The first-order chi connectivity index (χ1) is 14.4. The summed E-state index contributed by atoms with van der Waals surface area (Å²) in [6.07, 6.45) is 3.20. The summed E-state index contributed by atoms with van der Waals surface area (Å²) in [7, 11) is -3.60. The summed E-state index contributed by atoms with van der Waals surface area (Å²) in [5.41, 5.74) is 2.74. The van der Waals surface area contributed by atoms with Crippen molar-refractivity contribution in [3.8, 4) is 5.75 Å². The number of fused-ring (bicyclic) bond motifs is 1. The van der Waals surface area contributed by atoms with Crippen LogP contribution in [-0.4, -0.2) is 39.1 Å². The van der Waals surface area contributed by atoms with Gasteiger partial charge in [-0.2, -0.15) is 8.78 Å². The van der Waals surface area contributed by atoms with Crippen LogP contribution in [0.25, 0.3) is 6.08 Å². The van der Waals surface area contributed by atoms with Crippen LogP contribution in [0, 0.1) is 0 Å². The van der Waals surface area contributed by atoms with Crippen LogP contribution in [0.2, 0.25) is 0 Å². The number of nitrogens with one attached hydrogen (secondary N) is 1. The molecule has 8 heteroatoms. The van der Waals surface area contributed by atoms with Gasteiger partial charge in [0.05, 0.1) is 4.91 Å². The van der Waals surface area contributed by atoms with E-state index in [2.05, 4.69) is 26.5 Å². The molecule has 2 aromatic rings. The van der Waals surface area contributed by atoms with Gasteiger partial charge in [0, 0.05) is 25.7 Å². The standard InChI is InChI=1S/C22H24F2N2O3S/c23-22(24)29-20-8-6-18-13-21(9-7-17(18)12-20)30(27,28)25-19-10-11-26(15-19)14-16-4-2-1-3-5-16/h1-6,8,12-13,19,22,25H,7,9-11,14-15H2. The Labute approximate surface area is 175 Å². The van der Waals surface area contributed by atoms with Gasteiger partial charge in [0.1, 0.15) is 5.75 Å². The van der Waals surface area contributed by atoms with Gasteiger partial charge in [-0.05, 0) is 54.2 Å². The van der Waals surface area contributed by atoms with Crippen LogP contribution in [0.15, 0.2) is 53.4 Å². The van der Waals surface area contributed by atoms with E-state index in [1.165, 1.54) is 11.6 Å². The van der Waals surface area contributed by atoms with Crippen LogP contribution in [0.1, 0.15) is 29.5 Å². The molecule has 0 spiro atoms. The molecule has 2 aromatic carbocycles. The van der Waals surface area contributed by atoms with Gasteiger partial charge >= 0.3 is 6.61 Å². The van der Waals surface area contributed by atoms with E-state index in [0.717, 1.165) is 30.6 Å². The van der Waals surface area contributed by atoms with Crippen LogP contribution in [0.3, 0.4) is 0 Å². The summed E-state index contributed by atoms with van der Waals surface area (Å²) >= 11 is 0. The Hall–Kier alpha value is -2.29. The van der Waals surface area contributed by atoms with Crippen molar-refractivity contribution < 1.29 is 21.9 Å². The maximum Gasteiger partial charge on any atom is 0.387 e. The van der Waals surface area contributed by atoms with Crippen molar-refractivity contribution in [3.05, 3.63) is 70.1 Å². The predicted molar refractivity (Wildman–Crippen MR) is 112 cm³/mol. The highest BCUT2D eigenvalue weighted by Gasteiger charge is 2.29. The highest BCUT2D eigenvalue weighted by Crippen LogP contribution is 2.30. The molecule has 1 saturated heterocycles. The summed E-state index contributed by atoms with van der Waals surface area (Å²) in [5, 5.41) is 0. The number of likely N-dealkylation sites (tertiary alicyclic amines) is 1. The van der Waals surface area contributed by atoms with Crippen molar-refractivity contribution in [2.45, 2.75) is 38.5 Å². The Morgan fingerprint density at radius 2 is 1.93 bits per heavy atom. The highest BCUT2D eigenvalue weighted by atomic mass is 32.2. The van der Waals surface area contributed by atoms with Gasteiger partial charge in [0.2, 0.25) is 10.0 Å². The third kappa shape index (κ3) is 5.06. The molecule has 1 atom stereocenters. The Balaban J connectivity index is 1.40. The number of allylic oxidation sites excluding steroid dienone is 1. The fourth-order valence-electron chi connectivity index (χ4n) is 4.04. The van der Waals surface area contributed by atoms with Gasteiger partial charge in [-0.25, -0.2) is 13.1 Å². The molecule has 2 aliphatic rings. The zero-order valence-electron chi connectivity index (χ0n) is 16.4. The highest BCUT2D eigenvalue weighted by molar-refractivity contribution is 7.93. The lowest BCUT2D eigenvalue weighted by Crippen LogP contribution is -2.37. The van der Waals surface area contributed by atoms with E-state index in [-0.39, 0.29) is 11.8 Å². The molecule has 1 N–H and O–H groups in total. The van der Waals surface area contributed by atoms with Crippen molar-refractivity contribution in [1.29, 1.82) is 0 Å². The van der Waals surface area contributed by atoms with Gasteiger partial charge in [0.25, 0.3) is 0 Å². The van der Waals surface area contributed by atoms with Crippen LogP contribution < -0.4 is 9.46 Å². The van der Waals surface area contributed by atoms with Crippen molar-refractivity contribution in [1.82, 2.24) is 9.62 Å². The topological polar surface area (TPSA) is 58.6 Å². The number of aryl methyl sites for hydroxylation is 1. The zero-order valence-corrected chi connectivity index (χ0v) is 17.2. The Morgan fingerprint density at radius 1 is 1.13 bits per heavy atom. The monoisotopic (exact) mass is 434 g/mol. The molecule has 4 rings (SSSR count). The smallest absolute Gasteiger partial charge is 0.387 e. The number of sulfonamides is 1. The first-order valence-corrected chi connectivity index (χ1v) is 11.4. The third-order valence-corrected chi connectivity index (χ3v) is 7.14. The molecular weight excluding hydrogens is 410 g/mol. The fourth-order valence-corrected chi connectivity index (χ4v) is 5.48. The molecule has 1 unspecified atom stereocenters. The van der Waals surface area contributed by atoms with Crippen molar-refractivity contribution >= 4 is 16.1 Å². The maximum absolute atomic E-state index is 12.9. The molecule has 0 radical (unpaired) electrons. The molecule has 5 nitrogen and oxygen atoms in total. The second-order valence-electron chi connectivity index (χ2n) is 7.68. The number of halogens is 2. The van der Waals surface area contributed by atoms with E-state index in [0.29, 0.717) is 24.3 Å². The molecule has 1 heterocycles. The molecule has 30 heavy (non-hydrogen) atoms. The van der Waals surface area contributed by atoms with E-state index in [1.807, 2.05) is 18.2 Å². The maximum atomic E-state index is 12.9. The minimum atomic E-state index is -3.60. The lowest BCUT2D eigenvalue weighted by atomic mass is 9.97. The molecule has 0 saturated carbocycles. The van der Waals surface area contributed by atoms with Gasteiger partial charge in [-0.15, -0.1) is 0 Å². The van der Waals surface area contributed by atoms with Gasteiger partial charge < -0.3 is 4.74 Å². The molecule has 1 aliphatic heterocycles. The molecule has 1 fully saturated rings. The summed E-state index contributed by atoms with van der Waals surface area (Å²) in [5.74, 6) is 0.0889. The predicted octanol–water partition coefficient (Wildman–Crippen LogP) is 3.77. The SMILES string of the molecule is O=S(=O)(NC1CCN(Cc2ccccc2)C1)C1=Cc2ccc(OC(F)F)cc2CC1. The summed E-state index contributed by atoms with van der Waals surface area (Å²) in [6, 6.07) is 14.6. The normalized spacial score (nSPS) is 19.6. The molecule has 0 aromatic heterocycles. The third-order valence-electron chi connectivity index (χ3n) is 5.49. The van der Waals surface area contributed by atoms with E-state index in [9.17, 15) is 17.2 Å². The van der Waals surface area contributed by atoms with Crippen LogP contribution in [0.5, 0.6) is 5.75 Å². The first-order valence-electron chi connectivity index (χ1n) is 9.96. The number of ether oxygens (including phenoxy) is 1. The minimum absolute atomic E-state index is 0.0889. The number of benzene rings is 2. The largest absolute Gasteiger partial charge is 0.435 e. The number of nitrogens with zero attached hydrogens (tertiary/aromatic N) is 1. The van der Waals surface area contributed by atoms with Gasteiger partial charge in [0.15, 0.2) is 0 Å². The molecule has 1 aliphatic carbocycles. The Kier molecular flexibility index (Phi) is 6.17. The average molecular weight is 435 g/mol. The summed E-state index contributed by atoms with van der Waals surface area (Å²) in [6.45, 7) is -0.559. The number of hydrogen-bond donors (Lipinski definition) is 1. The first kappa shape index (κ1) is 21.0. The molecule has 0 amide bonds. The van der Waals surface area contributed by atoms with Crippen LogP contribution in [0.4, 0.5) is 8.78 Å². The quantitative estimate of drug-likeness (QED) is 0.721. The number of hydrogen-bond acceptors (Lipinski definition) is 4. The number of rotatable bonds is 7. The Morgan fingerprint density at radius 3 is 2.70 bits per heavy atom. The zero-order chi connectivity index (χ0) is 21.1. The second kappa shape index (κ2) is 8.83. The van der Waals surface area contributed by atoms with E-state index >= 15 is 0 Å². The lowest BCUT2D eigenvalue weighted by molar-refractivity contribution is -0.0498. The van der Waals surface area contributed by atoms with Gasteiger partial charge in [-0.1, -0.05) is 36.4 Å². The molecule has 0 bridgehead atoms. The van der Waals surface area contributed by atoms with Crippen molar-refractivity contribution in [3.63, 3.8) is 0 Å². The summed E-state index contributed by atoms with van der Waals surface area (Å²) < 4.78 is 57.9. The van der Waals surface area contributed by atoms with Gasteiger partial charge in [-0.3, -0.25) is 4.90 Å². The minimum Gasteiger partial charge on any atom is -0.435 e. The summed E-state index contributed by atoms with van der Waals surface area (Å²) in [4.78, 5) is 2.58. The van der Waals surface area contributed by atoms with Crippen molar-refractivity contribution in [2.24, 2.45) is 0 Å². The lowest BCUT2D eigenvalue weighted by Gasteiger charge is -2.20. The van der Waals surface area contributed by atoms with Crippen molar-refractivity contribution in [2.75, 3.05) is 13.1 Å². The van der Waals surface area contributed by atoms with E-state index in [1.54, 1.807) is 18.2 Å². The average Bonchev–Trinajstić information content (AvgIpc) is 3.13. The van der Waals surface area contributed by atoms with Crippen LogP contribution >= 0.6 is 0 Å². The molecule has 160 valence electrons. The Bertz CT molecular complexity index is 1030.